The van der Waals surface area contributed by atoms with Crippen molar-refractivity contribution in [2.24, 2.45) is 0 Å². The van der Waals surface area contributed by atoms with Gasteiger partial charge >= 0.3 is 0 Å². The van der Waals surface area contributed by atoms with Crippen LogP contribution in [-0.2, 0) is 10.5 Å². The summed E-state index contributed by atoms with van der Waals surface area (Å²) in [5.41, 5.74) is 0. The summed E-state index contributed by atoms with van der Waals surface area (Å²) in [5.74, 6) is 1.82. The molecule has 1 fully saturated rings. The third-order valence-electron chi connectivity index (χ3n) is 2.78. The molecule has 2 rings (SSSR count). The van der Waals surface area contributed by atoms with E-state index in [4.69, 9.17) is 4.74 Å². The summed E-state index contributed by atoms with van der Waals surface area (Å²) >= 11 is 1.89. The maximum atomic E-state index is 5.53. The Morgan fingerprint density at radius 1 is 1.56 bits per heavy atom. The molecule has 1 saturated heterocycles. The van der Waals surface area contributed by atoms with Crippen molar-refractivity contribution in [3.63, 3.8) is 0 Å². The Balaban J connectivity index is 1.91. The maximum absolute atomic E-state index is 5.53. The molecular formula is C10H18N4OS. The molecule has 0 aromatic carbocycles. The first-order valence-corrected chi connectivity index (χ1v) is 6.73. The number of rotatable bonds is 4. The molecule has 1 aliphatic heterocycles. The summed E-state index contributed by atoms with van der Waals surface area (Å²) in [6.45, 7) is 7.20. The molecule has 16 heavy (non-hydrogen) atoms. The normalized spacial score (nSPS) is 25.5. The van der Waals surface area contributed by atoms with Gasteiger partial charge in [-0.2, -0.15) is 0 Å². The number of aromatic nitrogens is 4. The first-order valence-electron chi connectivity index (χ1n) is 5.68. The van der Waals surface area contributed by atoms with Crippen LogP contribution in [0.15, 0.2) is 0 Å². The van der Waals surface area contributed by atoms with Crippen LogP contribution in [0.2, 0.25) is 0 Å². The summed E-state index contributed by atoms with van der Waals surface area (Å²) in [6.07, 6.45) is 1.49. The smallest absolute Gasteiger partial charge is 0.161 e. The molecule has 1 aliphatic rings. The van der Waals surface area contributed by atoms with Gasteiger partial charge in [-0.25, -0.2) is 4.68 Å². The molecular weight excluding hydrogens is 224 g/mol. The lowest BCUT2D eigenvalue weighted by Gasteiger charge is -2.13. The third-order valence-corrected chi connectivity index (χ3v) is 4.26. The fraction of sp³-hybridized carbons (Fsp3) is 0.900. The first kappa shape index (κ1) is 11.9. The standard InChI is InChI=1S/C10H18N4OS/c1-7(2)14-10(11-12-13-14)6-16-9-4-5-15-8(9)3/h7-9H,4-6H2,1-3H3/t8-,9-/m1/s1. The van der Waals surface area contributed by atoms with E-state index in [1.54, 1.807) is 0 Å². The lowest BCUT2D eigenvalue weighted by atomic mass is 10.3. The van der Waals surface area contributed by atoms with Gasteiger partial charge in [-0.05, 0) is 37.6 Å². The third kappa shape index (κ3) is 2.55. The molecule has 0 aliphatic carbocycles. The minimum absolute atomic E-state index is 0.322. The summed E-state index contributed by atoms with van der Waals surface area (Å²) in [6, 6.07) is 0.322. The van der Waals surface area contributed by atoms with E-state index in [1.807, 2.05) is 16.4 Å². The van der Waals surface area contributed by atoms with E-state index in [-0.39, 0.29) is 0 Å². The van der Waals surface area contributed by atoms with Gasteiger partial charge < -0.3 is 4.74 Å². The van der Waals surface area contributed by atoms with E-state index >= 15 is 0 Å². The first-order chi connectivity index (χ1) is 7.68. The average Bonchev–Trinajstić information content (AvgIpc) is 2.83. The van der Waals surface area contributed by atoms with Crippen molar-refractivity contribution in [1.29, 1.82) is 0 Å². The summed E-state index contributed by atoms with van der Waals surface area (Å²) in [7, 11) is 0. The Hall–Kier alpha value is -0.620. The fourth-order valence-corrected chi connectivity index (χ4v) is 2.99. The quantitative estimate of drug-likeness (QED) is 0.804. The van der Waals surface area contributed by atoms with E-state index in [0.29, 0.717) is 17.4 Å². The molecule has 6 heteroatoms. The maximum Gasteiger partial charge on any atom is 0.161 e. The van der Waals surface area contributed by atoms with Crippen molar-refractivity contribution in [2.75, 3.05) is 6.61 Å². The van der Waals surface area contributed by atoms with Crippen molar-refractivity contribution < 1.29 is 4.74 Å². The second-order valence-electron chi connectivity index (χ2n) is 4.35. The van der Waals surface area contributed by atoms with E-state index in [2.05, 4.69) is 36.3 Å². The van der Waals surface area contributed by atoms with Crippen molar-refractivity contribution in [2.45, 2.75) is 50.3 Å². The monoisotopic (exact) mass is 242 g/mol. The zero-order chi connectivity index (χ0) is 11.5. The van der Waals surface area contributed by atoms with E-state index in [0.717, 1.165) is 24.6 Å². The van der Waals surface area contributed by atoms with Crippen molar-refractivity contribution >= 4 is 11.8 Å². The van der Waals surface area contributed by atoms with Gasteiger partial charge in [0.15, 0.2) is 5.82 Å². The molecule has 90 valence electrons. The Morgan fingerprint density at radius 3 is 3.00 bits per heavy atom. The number of thioether (sulfide) groups is 1. The molecule has 5 nitrogen and oxygen atoms in total. The van der Waals surface area contributed by atoms with E-state index in [9.17, 15) is 0 Å². The minimum Gasteiger partial charge on any atom is -0.377 e. The second kappa shape index (κ2) is 5.14. The van der Waals surface area contributed by atoms with Crippen molar-refractivity contribution in [3.05, 3.63) is 5.82 Å². The van der Waals surface area contributed by atoms with Crippen LogP contribution in [0.4, 0.5) is 0 Å². The molecule has 0 saturated carbocycles. The molecule has 0 radical (unpaired) electrons. The number of ether oxygens (including phenoxy) is 1. The van der Waals surface area contributed by atoms with E-state index < -0.39 is 0 Å². The number of hydrogen-bond acceptors (Lipinski definition) is 5. The largest absolute Gasteiger partial charge is 0.377 e. The summed E-state index contributed by atoms with van der Waals surface area (Å²) in [5, 5.41) is 12.4. The average molecular weight is 242 g/mol. The van der Waals surface area contributed by atoms with Gasteiger partial charge in [-0.3, -0.25) is 0 Å². The molecule has 0 unspecified atom stereocenters. The van der Waals surface area contributed by atoms with Gasteiger partial charge in [0.2, 0.25) is 0 Å². The zero-order valence-corrected chi connectivity index (χ0v) is 10.8. The summed E-state index contributed by atoms with van der Waals surface area (Å²) < 4.78 is 7.42. The van der Waals surface area contributed by atoms with Crippen LogP contribution >= 0.6 is 11.8 Å². The molecule has 2 atom stereocenters. The van der Waals surface area contributed by atoms with Crippen LogP contribution in [-0.4, -0.2) is 38.2 Å². The van der Waals surface area contributed by atoms with Gasteiger partial charge in [0.05, 0.1) is 17.9 Å². The van der Waals surface area contributed by atoms with Gasteiger partial charge in [-0.1, -0.05) is 0 Å². The highest BCUT2D eigenvalue weighted by atomic mass is 32.2. The highest BCUT2D eigenvalue weighted by molar-refractivity contribution is 7.99. The molecule has 1 aromatic rings. The van der Waals surface area contributed by atoms with Gasteiger partial charge in [-0.15, -0.1) is 16.9 Å². The Labute approximate surface area is 99.9 Å². The minimum atomic E-state index is 0.322. The SMILES string of the molecule is CC(C)n1nnnc1CS[C@@H]1CCO[C@@H]1C. The Kier molecular flexibility index (Phi) is 3.81. The van der Waals surface area contributed by atoms with Crippen molar-refractivity contribution in [1.82, 2.24) is 20.2 Å². The van der Waals surface area contributed by atoms with Crippen LogP contribution in [0.5, 0.6) is 0 Å². The van der Waals surface area contributed by atoms with Crippen LogP contribution in [0.3, 0.4) is 0 Å². The second-order valence-corrected chi connectivity index (χ2v) is 5.57. The summed E-state index contributed by atoms with van der Waals surface area (Å²) in [4.78, 5) is 0. The number of hydrogen-bond donors (Lipinski definition) is 0. The highest BCUT2D eigenvalue weighted by Gasteiger charge is 2.25. The van der Waals surface area contributed by atoms with E-state index in [1.165, 1.54) is 0 Å². The lowest BCUT2D eigenvalue weighted by molar-refractivity contribution is 0.127. The van der Waals surface area contributed by atoms with Gasteiger partial charge in [0, 0.05) is 11.9 Å². The van der Waals surface area contributed by atoms with Crippen LogP contribution < -0.4 is 0 Å². The van der Waals surface area contributed by atoms with Crippen LogP contribution in [0, 0.1) is 0 Å². The topological polar surface area (TPSA) is 52.8 Å². The molecule has 0 amide bonds. The zero-order valence-electron chi connectivity index (χ0n) is 9.96. The Bertz CT molecular complexity index is 341. The molecule has 1 aromatic heterocycles. The Morgan fingerprint density at radius 2 is 2.38 bits per heavy atom. The molecule has 2 heterocycles. The molecule has 0 bridgehead atoms. The highest BCUT2D eigenvalue weighted by Crippen LogP contribution is 2.28. The van der Waals surface area contributed by atoms with Crippen LogP contribution in [0.1, 0.15) is 39.1 Å². The fourth-order valence-electron chi connectivity index (χ4n) is 1.82. The molecule has 0 spiro atoms. The lowest BCUT2D eigenvalue weighted by Crippen LogP contribution is -2.15. The van der Waals surface area contributed by atoms with Gasteiger partial charge in [0.1, 0.15) is 0 Å². The predicted octanol–water partition coefficient (Wildman–Crippen LogP) is 1.66. The predicted molar refractivity (Wildman–Crippen MR) is 63.3 cm³/mol. The van der Waals surface area contributed by atoms with Gasteiger partial charge in [0.25, 0.3) is 0 Å². The van der Waals surface area contributed by atoms with Crippen LogP contribution in [0.25, 0.3) is 0 Å². The molecule has 0 N–H and O–H groups in total. The number of tetrazole rings is 1. The van der Waals surface area contributed by atoms with Crippen molar-refractivity contribution in [3.8, 4) is 0 Å². The number of nitrogens with zero attached hydrogens (tertiary/aromatic N) is 4.